The molecule has 1 nitrogen and oxygen atoms in total. The minimum Gasteiger partial charge on any atom is -0.371 e. The Morgan fingerprint density at radius 2 is 1.74 bits per heavy atom. The fraction of sp³-hybridized carbons (Fsp3) is 0.647. The molecular weight excluding hydrogens is 250 g/mol. The summed E-state index contributed by atoms with van der Waals surface area (Å²) in [5.41, 5.74) is 3.13. The highest BCUT2D eigenvalue weighted by molar-refractivity contribution is 7.80. The molecule has 19 heavy (non-hydrogen) atoms. The zero-order chi connectivity index (χ0) is 13.7. The van der Waals surface area contributed by atoms with Crippen molar-refractivity contribution < 1.29 is 0 Å². The summed E-state index contributed by atoms with van der Waals surface area (Å²) in [5.74, 6) is 1.02. The molecule has 0 heterocycles. The lowest BCUT2D eigenvalue weighted by molar-refractivity contribution is 0.228. The Morgan fingerprint density at radius 3 is 2.26 bits per heavy atom. The zero-order valence-corrected chi connectivity index (χ0v) is 13.3. The van der Waals surface area contributed by atoms with E-state index < -0.39 is 0 Å². The minimum absolute atomic E-state index is 0.433. The number of benzene rings is 1. The van der Waals surface area contributed by atoms with Crippen LogP contribution in [0.4, 0.5) is 5.69 Å². The molecule has 1 fully saturated rings. The van der Waals surface area contributed by atoms with Crippen LogP contribution >= 0.6 is 12.6 Å². The molecule has 1 aliphatic rings. The number of nitrogens with zero attached hydrogens (tertiary/aromatic N) is 1. The Morgan fingerprint density at radius 1 is 1.11 bits per heavy atom. The molecule has 0 aliphatic heterocycles. The van der Waals surface area contributed by atoms with Crippen LogP contribution in [0.15, 0.2) is 24.3 Å². The Hall–Kier alpha value is -0.630. The Labute approximate surface area is 123 Å². The third-order valence-electron chi connectivity index (χ3n) is 4.56. The summed E-state index contributed by atoms with van der Waals surface area (Å²) in [7, 11) is 0. The molecule has 2 rings (SSSR count). The van der Waals surface area contributed by atoms with E-state index in [2.05, 4.69) is 55.6 Å². The first kappa shape index (κ1) is 14.8. The van der Waals surface area contributed by atoms with Gasteiger partial charge in [-0.15, -0.1) is 0 Å². The van der Waals surface area contributed by atoms with Crippen LogP contribution in [-0.4, -0.2) is 18.8 Å². The van der Waals surface area contributed by atoms with E-state index in [1.165, 1.54) is 43.4 Å². The molecule has 0 atom stereocenters. The number of rotatable bonds is 5. The number of aryl methyl sites for hydroxylation is 1. The first-order valence-corrected chi connectivity index (χ1v) is 8.25. The fourth-order valence-electron chi connectivity index (χ4n) is 3.21. The molecule has 0 N–H and O–H groups in total. The van der Waals surface area contributed by atoms with Crippen LogP contribution in [-0.2, 0) is 0 Å². The summed E-state index contributed by atoms with van der Waals surface area (Å²) < 4.78 is 0. The van der Waals surface area contributed by atoms with E-state index in [0.29, 0.717) is 5.41 Å². The van der Waals surface area contributed by atoms with E-state index in [1.807, 2.05) is 0 Å². The molecule has 2 heteroatoms. The lowest BCUT2D eigenvalue weighted by Crippen LogP contribution is -2.40. The maximum absolute atomic E-state index is 4.66. The first-order chi connectivity index (χ1) is 9.19. The van der Waals surface area contributed by atoms with Gasteiger partial charge in [0.1, 0.15) is 0 Å². The van der Waals surface area contributed by atoms with Gasteiger partial charge in [0.15, 0.2) is 0 Å². The van der Waals surface area contributed by atoms with Gasteiger partial charge in [0.05, 0.1) is 0 Å². The molecule has 1 aromatic rings. The number of anilines is 1. The van der Waals surface area contributed by atoms with E-state index >= 15 is 0 Å². The van der Waals surface area contributed by atoms with Crippen LogP contribution in [0, 0.1) is 12.3 Å². The molecule has 106 valence electrons. The maximum Gasteiger partial charge on any atom is 0.0366 e. The smallest absolute Gasteiger partial charge is 0.0366 e. The standard InChI is InChI=1S/C17H27NS/c1-3-18(16-9-7-15(2)8-10-16)13-17(14-19)11-5-4-6-12-17/h7-10,19H,3-6,11-14H2,1-2H3. The second-order valence-corrected chi connectivity index (χ2v) is 6.38. The lowest BCUT2D eigenvalue weighted by Gasteiger charge is -2.41. The summed E-state index contributed by atoms with van der Waals surface area (Å²) in [4.78, 5) is 2.53. The van der Waals surface area contributed by atoms with Gasteiger partial charge in [0.25, 0.3) is 0 Å². The van der Waals surface area contributed by atoms with Gasteiger partial charge in [-0.2, -0.15) is 12.6 Å². The van der Waals surface area contributed by atoms with E-state index in [0.717, 1.165) is 18.8 Å². The van der Waals surface area contributed by atoms with Crippen molar-refractivity contribution in [1.82, 2.24) is 0 Å². The van der Waals surface area contributed by atoms with Crippen LogP contribution < -0.4 is 4.90 Å². The summed E-state index contributed by atoms with van der Waals surface area (Å²) >= 11 is 4.66. The van der Waals surface area contributed by atoms with Gasteiger partial charge in [-0.3, -0.25) is 0 Å². The highest BCUT2D eigenvalue weighted by atomic mass is 32.1. The molecule has 0 amide bonds. The molecule has 0 spiro atoms. The molecule has 0 unspecified atom stereocenters. The van der Waals surface area contributed by atoms with Crippen molar-refractivity contribution in [3.8, 4) is 0 Å². The lowest BCUT2D eigenvalue weighted by atomic mass is 9.75. The Bertz CT molecular complexity index is 379. The van der Waals surface area contributed by atoms with Gasteiger partial charge < -0.3 is 4.90 Å². The Balaban J connectivity index is 2.11. The molecule has 0 aromatic heterocycles. The maximum atomic E-state index is 4.66. The summed E-state index contributed by atoms with van der Waals surface area (Å²) in [6.45, 7) is 6.65. The normalized spacial score (nSPS) is 18.3. The topological polar surface area (TPSA) is 3.24 Å². The van der Waals surface area contributed by atoms with E-state index in [4.69, 9.17) is 0 Å². The van der Waals surface area contributed by atoms with Gasteiger partial charge in [-0.25, -0.2) is 0 Å². The van der Waals surface area contributed by atoms with Crippen molar-refractivity contribution in [2.45, 2.75) is 46.0 Å². The third-order valence-corrected chi connectivity index (χ3v) is 5.23. The van der Waals surface area contributed by atoms with Gasteiger partial charge in [0, 0.05) is 18.8 Å². The predicted molar refractivity (Wildman–Crippen MR) is 88.4 cm³/mol. The van der Waals surface area contributed by atoms with Crippen LogP contribution in [0.25, 0.3) is 0 Å². The average Bonchev–Trinajstić information content (AvgIpc) is 2.47. The van der Waals surface area contributed by atoms with Crippen LogP contribution in [0.1, 0.15) is 44.6 Å². The zero-order valence-electron chi connectivity index (χ0n) is 12.4. The van der Waals surface area contributed by atoms with Crippen molar-refractivity contribution in [1.29, 1.82) is 0 Å². The number of hydrogen-bond acceptors (Lipinski definition) is 2. The van der Waals surface area contributed by atoms with Gasteiger partial charge >= 0.3 is 0 Å². The van der Waals surface area contributed by atoms with Gasteiger partial charge in [0.2, 0.25) is 0 Å². The van der Waals surface area contributed by atoms with Gasteiger partial charge in [-0.1, -0.05) is 37.0 Å². The molecular formula is C17H27NS. The monoisotopic (exact) mass is 277 g/mol. The van der Waals surface area contributed by atoms with Crippen molar-refractivity contribution in [3.05, 3.63) is 29.8 Å². The van der Waals surface area contributed by atoms with E-state index in [1.54, 1.807) is 0 Å². The van der Waals surface area contributed by atoms with E-state index in [9.17, 15) is 0 Å². The van der Waals surface area contributed by atoms with E-state index in [-0.39, 0.29) is 0 Å². The molecule has 0 radical (unpaired) electrons. The fourth-order valence-corrected chi connectivity index (χ4v) is 3.63. The SMILES string of the molecule is CCN(CC1(CS)CCCCC1)c1ccc(C)cc1. The Kier molecular flexibility index (Phi) is 5.20. The highest BCUT2D eigenvalue weighted by Gasteiger charge is 2.32. The molecule has 0 saturated heterocycles. The van der Waals surface area contributed by atoms with Crippen LogP contribution in [0.2, 0.25) is 0 Å². The van der Waals surface area contributed by atoms with Crippen LogP contribution in [0.3, 0.4) is 0 Å². The minimum atomic E-state index is 0.433. The first-order valence-electron chi connectivity index (χ1n) is 7.61. The highest BCUT2D eigenvalue weighted by Crippen LogP contribution is 2.38. The van der Waals surface area contributed by atoms with Crippen molar-refractivity contribution in [2.24, 2.45) is 5.41 Å². The predicted octanol–water partition coefficient (Wildman–Crippen LogP) is 4.70. The second-order valence-electron chi connectivity index (χ2n) is 6.07. The quantitative estimate of drug-likeness (QED) is 0.763. The molecule has 0 bridgehead atoms. The number of hydrogen-bond donors (Lipinski definition) is 1. The average molecular weight is 277 g/mol. The summed E-state index contributed by atoms with van der Waals surface area (Å²) in [5, 5.41) is 0. The van der Waals surface area contributed by atoms with Crippen LogP contribution in [0.5, 0.6) is 0 Å². The summed E-state index contributed by atoms with van der Waals surface area (Å²) in [6.07, 6.45) is 6.86. The van der Waals surface area contributed by atoms with Crippen molar-refractivity contribution >= 4 is 18.3 Å². The molecule has 1 aliphatic carbocycles. The van der Waals surface area contributed by atoms with Crippen molar-refractivity contribution in [2.75, 3.05) is 23.7 Å². The molecule has 1 saturated carbocycles. The van der Waals surface area contributed by atoms with Crippen molar-refractivity contribution in [3.63, 3.8) is 0 Å². The number of thiol groups is 1. The largest absolute Gasteiger partial charge is 0.371 e. The third kappa shape index (κ3) is 3.68. The molecule has 1 aromatic carbocycles. The van der Waals surface area contributed by atoms with Gasteiger partial charge in [-0.05, 0) is 50.0 Å². The summed E-state index contributed by atoms with van der Waals surface area (Å²) in [6, 6.07) is 8.94. The second kappa shape index (κ2) is 6.69.